The molecule has 0 aliphatic carbocycles. The maximum Gasteiger partial charge on any atom is 0.273 e. The molecular weight excluding hydrogens is 176 g/mol. The van der Waals surface area contributed by atoms with Gasteiger partial charge in [-0.1, -0.05) is 4.49 Å². The van der Waals surface area contributed by atoms with Crippen molar-refractivity contribution in [3.63, 3.8) is 0 Å². The Hall–Kier alpha value is -1.48. The summed E-state index contributed by atoms with van der Waals surface area (Å²) in [5.41, 5.74) is 0.252. The lowest BCUT2D eigenvalue weighted by Gasteiger charge is -2.01. The van der Waals surface area contributed by atoms with Gasteiger partial charge in [0.2, 0.25) is 0 Å². The second kappa shape index (κ2) is 3.78. The molecular formula is C6H6N4OS. The monoisotopic (exact) mass is 182 g/mol. The molecule has 0 saturated carbocycles. The Bertz CT molecular complexity index is 302. The van der Waals surface area contributed by atoms with Crippen molar-refractivity contribution in [3.8, 4) is 6.07 Å². The Balaban J connectivity index is 2.57. The van der Waals surface area contributed by atoms with Crippen LogP contribution < -0.4 is 5.32 Å². The van der Waals surface area contributed by atoms with E-state index in [-0.39, 0.29) is 11.6 Å². The van der Waals surface area contributed by atoms with Gasteiger partial charge in [-0.3, -0.25) is 4.79 Å². The number of carbonyl (C=O) groups is 1. The molecule has 5 nitrogen and oxygen atoms in total. The van der Waals surface area contributed by atoms with Crippen LogP contribution in [0.3, 0.4) is 0 Å². The summed E-state index contributed by atoms with van der Waals surface area (Å²) < 4.78 is 3.52. The second-order valence-corrected chi connectivity index (χ2v) is 2.72. The summed E-state index contributed by atoms with van der Waals surface area (Å²) in [7, 11) is 0. The number of hydrogen-bond acceptors (Lipinski definition) is 5. The minimum atomic E-state index is -0.501. The van der Waals surface area contributed by atoms with Crippen LogP contribution in [0.25, 0.3) is 0 Å². The molecule has 1 aromatic rings. The molecule has 6 heteroatoms. The average Bonchev–Trinajstić information content (AvgIpc) is 2.56. The maximum atomic E-state index is 11.1. The third kappa shape index (κ3) is 2.00. The highest BCUT2D eigenvalue weighted by Crippen LogP contribution is 1.96. The fourth-order valence-electron chi connectivity index (χ4n) is 0.566. The van der Waals surface area contributed by atoms with Crippen LogP contribution in [0.15, 0.2) is 5.38 Å². The molecule has 1 aromatic heterocycles. The molecule has 0 aliphatic rings. The summed E-state index contributed by atoms with van der Waals surface area (Å²) in [6.07, 6.45) is 0. The number of nitrogens with zero attached hydrogens (tertiary/aromatic N) is 3. The smallest absolute Gasteiger partial charge is 0.273 e. The average molecular weight is 182 g/mol. The van der Waals surface area contributed by atoms with Crippen molar-refractivity contribution >= 4 is 17.4 Å². The Morgan fingerprint density at radius 2 is 2.67 bits per heavy atom. The number of carbonyl (C=O) groups excluding carboxylic acids is 1. The quantitative estimate of drug-likeness (QED) is 0.707. The van der Waals surface area contributed by atoms with Crippen molar-refractivity contribution in [2.24, 2.45) is 0 Å². The van der Waals surface area contributed by atoms with E-state index in [1.165, 1.54) is 5.38 Å². The zero-order valence-corrected chi connectivity index (χ0v) is 7.13. The van der Waals surface area contributed by atoms with E-state index in [0.29, 0.717) is 0 Å². The van der Waals surface area contributed by atoms with E-state index in [1.54, 1.807) is 6.92 Å². The number of rotatable bonds is 2. The maximum absolute atomic E-state index is 11.1. The van der Waals surface area contributed by atoms with Crippen molar-refractivity contribution in [3.05, 3.63) is 11.1 Å². The van der Waals surface area contributed by atoms with Gasteiger partial charge in [-0.15, -0.1) is 5.10 Å². The van der Waals surface area contributed by atoms with Crippen LogP contribution in [0.2, 0.25) is 0 Å². The molecule has 12 heavy (non-hydrogen) atoms. The Morgan fingerprint density at radius 3 is 3.17 bits per heavy atom. The molecule has 0 aromatic carbocycles. The molecule has 1 N–H and O–H groups in total. The van der Waals surface area contributed by atoms with Gasteiger partial charge in [0.25, 0.3) is 5.91 Å². The van der Waals surface area contributed by atoms with E-state index >= 15 is 0 Å². The first-order valence-corrected chi connectivity index (χ1v) is 4.05. The van der Waals surface area contributed by atoms with Gasteiger partial charge in [0.1, 0.15) is 6.04 Å². The normalized spacial score (nSPS) is 11.7. The summed E-state index contributed by atoms with van der Waals surface area (Å²) in [4.78, 5) is 11.1. The molecule has 62 valence electrons. The van der Waals surface area contributed by atoms with Crippen molar-refractivity contribution in [1.29, 1.82) is 5.26 Å². The van der Waals surface area contributed by atoms with E-state index in [9.17, 15) is 4.79 Å². The number of nitrogens with one attached hydrogen (secondary N) is 1. The predicted octanol–water partition coefficient (Wildman–Crippen LogP) is 0.180. The van der Waals surface area contributed by atoms with E-state index in [4.69, 9.17) is 5.26 Å². The lowest BCUT2D eigenvalue weighted by atomic mass is 10.3. The van der Waals surface area contributed by atoms with Gasteiger partial charge in [-0.05, 0) is 18.5 Å². The summed E-state index contributed by atoms with van der Waals surface area (Å²) >= 11 is 1.10. The minimum Gasteiger partial charge on any atom is -0.335 e. The van der Waals surface area contributed by atoms with Crippen molar-refractivity contribution < 1.29 is 4.79 Å². The number of hydrogen-bond donors (Lipinski definition) is 1. The van der Waals surface area contributed by atoms with Gasteiger partial charge < -0.3 is 5.32 Å². The van der Waals surface area contributed by atoms with Gasteiger partial charge in [-0.2, -0.15) is 5.26 Å². The molecule has 0 fully saturated rings. The third-order valence-electron chi connectivity index (χ3n) is 1.13. The Kier molecular flexibility index (Phi) is 2.71. The lowest BCUT2D eigenvalue weighted by Crippen LogP contribution is -2.31. The topological polar surface area (TPSA) is 78.7 Å². The number of aromatic nitrogens is 2. The zero-order valence-electron chi connectivity index (χ0n) is 6.31. The van der Waals surface area contributed by atoms with Crippen LogP contribution in [-0.2, 0) is 0 Å². The molecule has 1 unspecified atom stereocenters. The Labute approximate surface area is 73.2 Å². The molecule has 0 bridgehead atoms. The first-order chi connectivity index (χ1) is 5.74. The van der Waals surface area contributed by atoms with Crippen LogP contribution in [-0.4, -0.2) is 21.5 Å². The van der Waals surface area contributed by atoms with Crippen LogP contribution in [0.5, 0.6) is 0 Å². The van der Waals surface area contributed by atoms with Crippen molar-refractivity contribution in [2.45, 2.75) is 13.0 Å². The number of amides is 1. The van der Waals surface area contributed by atoms with Crippen molar-refractivity contribution in [1.82, 2.24) is 14.9 Å². The highest BCUT2D eigenvalue weighted by atomic mass is 32.1. The van der Waals surface area contributed by atoms with Gasteiger partial charge in [-0.25, -0.2) is 0 Å². The van der Waals surface area contributed by atoms with E-state index in [2.05, 4.69) is 14.9 Å². The zero-order chi connectivity index (χ0) is 8.97. The summed E-state index contributed by atoms with van der Waals surface area (Å²) in [6, 6.07) is 1.38. The van der Waals surface area contributed by atoms with E-state index in [1.807, 2.05) is 6.07 Å². The Morgan fingerprint density at radius 1 is 1.92 bits per heavy atom. The van der Waals surface area contributed by atoms with Gasteiger partial charge in [0.15, 0.2) is 5.69 Å². The van der Waals surface area contributed by atoms with Crippen molar-refractivity contribution in [2.75, 3.05) is 0 Å². The molecule has 0 radical (unpaired) electrons. The molecule has 1 amide bonds. The summed E-state index contributed by atoms with van der Waals surface area (Å²) in [6.45, 7) is 1.59. The fraction of sp³-hybridized carbons (Fsp3) is 0.333. The standard InChI is InChI=1S/C6H6N4OS/c1-4(2-7)8-6(11)5-3-12-10-9-5/h3-4H,1H3,(H,8,11). The van der Waals surface area contributed by atoms with Gasteiger partial charge in [0, 0.05) is 5.38 Å². The van der Waals surface area contributed by atoms with Crippen LogP contribution in [0, 0.1) is 11.3 Å². The van der Waals surface area contributed by atoms with Gasteiger partial charge in [0.05, 0.1) is 6.07 Å². The highest BCUT2D eigenvalue weighted by molar-refractivity contribution is 7.03. The second-order valence-electron chi connectivity index (χ2n) is 2.11. The van der Waals surface area contributed by atoms with E-state index in [0.717, 1.165) is 11.5 Å². The predicted molar refractivity (Wildman–Crippen MR) is 42.5 cm³/mol. The molecule has 0 aliphatic heterocycles. The summed E-state index contributed by atoms with van der Waals surface area (Å²) in [5, 5.41) is 15.9. The molecule has 1 rings (SSSR count). The van der Waals surface area contributed by atoms with E-state index < -0.39 is 6.04 Å². The third-order valence-corrected chi connectivity index (χ3v) is 1.64. The number of nitriles is 1. The largest absolute Gasteiger partial charge is 0.335 e. The SMILES string of the molecule is CC(C#N)NC(=O)c1csnn1. The highest BCUT2D eigenvalue weighted by Gasteiger charge is 2.10. The van der Waals surface area contributed by atoms with Crippen LogP contribution in [0.1, 0.15) is 17.4 Å². The molecule has 0 saturated heterocycles. The van der Waals surface area contributed by atoms with Crippen LogP contribution >= 0.6 is 11.5 Å². The fourth-order valence-corrected chi connectivity index (χ4v) is 1.00. The van der Waals surface area contributed by atoms with Gasteiger partial charge >= 0.3 is 0 Å². The lowest BCUT2D eigenvalue weighted by molar-refractivity contribution is 0.0943. The summed E-state index contributed by atoms with van der Waals surface area (Å²) in [5.74, 6) is -0.363. The first kappa shape index (κ1) is 8.62. The molecule has 0 spiro atoms. The molecule has 1 heterocycles. The minimum absolute atomic E-state index is 0.252. The molecule has 1 atom stereocenters. The van der Waals surface area contributed by atoms with Crippen LogP contribution in [0.4, 0.5) is 0 Å². The first-order valence-electron chi connectivity index (χ1n) is 3.21.